The highest BCUT2D eigenvalue weighted by Crippen LogP contribution is 2.38. The van der Waals surface area contributed by atoms with Crippen molar-refractivity contribution in [3.05, 3.63) is 56.7 Å². The van der Waals surface area contributed by atoms with Crippen LogP contribution in [0.3, 0.4) is 0 Å². The largest absolute Gasteiger partial charge is 0.381 e. The van der Waals surface area contributed by atoms with Gasteiger partial charge in [0.2, 0.25) is 0 Å². The normalized spacial score (nSPS) is 24.6. The zero-order chi connectivity index (χ0) is 23.4. The van der Waals surface area contributed by atoms with E-state index in [1.165, 1.54) is 0 Å². The van der Waals surface area contributed by atoms with Gasteiger partial charge in [-0.1, -0.05) is 11.6 Å². The molecule has 9 heteroatoms. The monoisotopic (exact) mass is 487 g/mol. The van der Waals surface area contributed by atoms with Crippen molar-refractivity contribution in [1.82, 2.24) is 14.5 Å². The maximum Gasteiger partial charge on any atom is 0.261 e. The quantitative estimate of drug-likeness (QED) is 0.504. The molecule has 0 bridgehead atoms. The fourth-order valence-corrected chi connectivity index (χ4v) is 5.63. The van der Waals surface area contributed by atoms with Crippen LogP contribution in [-0.4, -0.2) is 40.5 Å². The third kappa shape index (κ3) is 3.72. The van der Waals surface area contributed by atoms with Crippen LogP contribution < -0.4 is 5.56 Å². The van der Waals surface area contributed by atoms with Gasteiger partial charge in [-0.25, -0.2) is 13.8 Å². The summed E-state index contributed by atoms with van der Waals surface area (Å²) >= 11 is 5.80. The first kappa shape index (κ1) is 22.1. The van der Waals surface area contributed by atoms with Crippen LogP contribution in [-0.2, 0) is 22.4 Å². The molecule has 3 unspecified atom stereocenters. The van der Waals surface area contributed by atoms with Gasteiger partial charge in [-0.2, -0.15) is 0 Å². The van der Waals surface area contributed by atoms with E-state index in [0.29, 0.717) is 54.5 Å². The fourth-order valence-electron chi connectivity index (χ4n) is 5.48. The van der Waals surface area contributed by atoms with Crippen molar-refractivity contribution in [3.8, 4) is 11.3 Å². The molecule has 2 saturated heterocycles. The van der Waals surface area contributed by atoms with Crippen molar-refractivity contribution >= 4 is 22.5 Å². The third-order valence-corrected chi connectivity index (χ3v) is 7.60. The molecule has 178 valence electrons. The highest BCUT2D eigenvalue weighted by molar-refractivity contribution is 6.30. The molecule has 0 aliphatic carbocycles. The number of fused-ring (bicyclic) bond motifs is 2. The first-order valence-electron chi connectivity index (χ1n) is 11.8. The minimum absolute atomic E-state index is 0.0281. The molecule has 1 aromatic carbocycles. The standard InChI is InChI=1S/C25H24ClF2N3O3/c26-17-11-18(27)15(9-19(17)28)23-24-16(25(32)31-5-1-2-22(31)30-24)10-20(29-23)13-4-7-34-21(8-13)14-3-6-33-12-14/h9-11,13-14,21H,1-8,12H2. The summed E-state index contributed by atoms with van der Waals surface area (Å²) in [5, 5.41) is 0.0781. The minimum Gasteiger partial charge on any atom is -0.381 e. The van der Waals surface area contributed by atoms with Gasteiger partial charge in [0.1, 0.15) is 28.7 Å². The van der Waals surface area contributed by atoms with Gasteiger partial charge in [-0.3, -0.25) is 14.3 Å². The van der Waals surface area contributed by atoms with Crippen LogP contribution in [0.25, 0.3) is 22.2 Å². The molecule has 3 aliphatic heterocycles. The van der Waals surface area contributed by atoms with Crippen LogP contribution >= 0.6 is 11.6 Å². The second-order valence-electron chi connectivity index (χ2n) is 9.38. The van der Waals surface area contributed by atoms with Crippen molar-refractivity contribution < 1.29 is 18.3 Å². The Bertz CT molecular complexity index is 1340. The number of nitrogens with zero attached hydrogens (tertiary/aromatic N) is 3. The second-order valence-corrected chi connectivity index (χ2v) is 9.79. The Morgan fingerprint density at radius 3 is 2.79 bits per heavy atom. The first-order chi connectivity index (χ1) is 16.5. The van der Waals surface area contributed by atoms with Crippen molar-refractivity contribution in [1.29, 1.82) is 0 Å². The molecule has 0 amide bonds. The van der Waals surface area contributed by atoms with E-state index in [4.69, 9.17) is 26.1 Å². The summed E-state index contributed by atoms with van der Waals surface area (Å²) in [7, 11) is 0. The van der Waals surface area contributed by atoms with Crippen LogP contribution in [0.1, 0.15) is 43.1 Å². The van der Waals surface area contributed by atoms with E-state index in [0.717, 1.165) is 44.4 Å². The minimum atomic E-state index is -0.747. The summed E-state index contributed by atoms with van der Waals surface area (Å²) in [6.07, 6.45) is 3.96. The van der Waals surface area contributed by atoms with Crippen molar-refractivity contribution in [2.45, 2.75) is 50.7 Å². The molecule has 6 rings (SSSR count). The van der Waals surface area contributed by atoms with Gasteiger partial charge >= 0.3 is 0 Å². The molecule has 3 aliphatic rings. The lowest BCUT2D eigenvalue weighted by atomic mass is 9.85. The molecule has 0 spiro atoms. The van der Waals surface area contributed by atoms with Gasteiger partial charge in [0.25, 0.3) is 5.56 Å². The van der Waals surface area contributed by atoms with Crippen LogP contribution in [0.4, 0.5) is 8.78 Å². The summed E-state index contributed by atoms with van der Waals surface area (Å²) < 4.78 is 42.7. The number of hydrogen-bond acceptors (Lipinski definition) is 5. The average Bonchev–Trinajstić information content (AvgIpc) is 3.54. The number of halogens is 3. The Labute approximate surface area is 199 Å². The van der Waals surface area contributed by atoms with Gasteiger partial charge in [0.15, 0.2) is 0 Å². The molecule has 5 heterocycles. The molecule has 2 aromatic heterocycles. The highest BCUT2D eigenvalue weighted by atomic mass is 35.5. The van der Waals surface area contributed by atoms with Crippen molar-refractivity contribution in [2.24, 2.45) is 5.92 Å². The van der Waals surface area contributed by atoms with Crippen LogP contribution in [0, 0.1) is 17.6 Å². The topological polar surface area (TPSA) is 66.2 Å². The lowest BCUT2D eigenvalue weighted by Crippen LogP contribution is -2.32. The highest BCUT2D eigenvalue weighted by Gasteiger charge is 2.34. The number of aryl methyl sites for hydroxylation is 1. The molecule has 6 nitrogen and oxygen atoms in total. The third-order valence-electron chi connectivity index (χ3n) is 7.31. The Morgan fingerprint density at radius 1 is 1.09 bits per heavy atom. The van der Waals surface area contributed by atoms with Crippen LogP contribution in [0.15, 0.2) is 23.0 Å². The van der Waals surface area contributed by atoms with E-state index >= 15 is 4.39 Å². The van der Waals surface area contributed by atoms with E-state index in [1.54, 1.807) is 10.6 Å². The zero-order valence-electron chi connectivity index (χ0n) is 18.5. The van der Waals surface area contributed by atoms with E-state index in [-0.39, 0.29) is 33.9 Å². The number of benzene rings is 1. The summed E-state index contributed by atoms with van der Waals surface area (Å²) in [5.74, 6) is -0.437. The summed E-state index contributed by atoms with van der Waals surface area (Å²) in [4.78, 5) is 22.9. The van der Waals surface area contributed by atoms with Gasteiger partial charge in [-0.15, -0.1) is 0 Å². The lowest BCUT2D eigenvalue weighted by Gasteiger charge is -2.32. The molecule has 3 aromatic rings. The Morgan fingerprint density at radius 2 is 1.97 bits per heavy atom. The smallest absolute Gasteiger partial charge is 0.261 e. The van der Waals surface area contributed by atoms with Crippen molar-refractivity contribution in [2.75, 3.05) is 19.8 Å². The maximum atomic E-state index is 15.0. The number of ether oxygens (including phenoxy) is 2. The van der Waals surface area contributed by atoms with Gasteiger partial charge in [0.05, 0.1) is 23.1 Å². The SMILES string of the molecule is O=c1c2cc(C3CCOC(C4CCOC4)C3)nc(-c3cc(F)c(Cl)cc3F)c2nc2n1CCC2. The molecular formula is C25H24ClF2N3O3. The Balaban J connectivity index is 1.52. The number of pyridine rings is 1. The molecule has 34 heavy (non-hydrogen) atoms. The Kier molecular flexibility index (Phi) is 5.62. The van der Waals surface area contributed by atoms with E-state index in [2.05, 4.69) is 4.98 Å². The molecule has 0 N–H and O–H groups in total. The molecule has 3 atom stereocenters. The van der Waals surface area contributed by atoms with Crippen LogP contribution in [0.2, 0.25) is 5.02 Å². The summed E-state index contributed by atoms with van der Waals surface area (Å²) in [6.45, 7) is 2.60. The number of aromatic nitrogens is 3. The number of rotatable bonds is 3. The molecular weight excluding hydrogens is 464 g/mol. The van der Waals surface area contributed by atoms with E-state index in [1.807, 2.05) is 0 Å². The van der Waals surface area contributed by atoms with E-state index < -0.39 is 11.6 Å². The lowest BCUT2D eigenvalue weighted by molar-refractivity contribution is -0.0310. The number of hydrogen-bond donors (Lipinski definition) is 0. The first-order valence-corrected chi connectivity index (χ1v) is 12.2. The summed E-state index contributed by atoms with van der Waals surface area (Å²) in [5.41, 5.74) is 0.957. The molecule has 0 saturated carbocycles. The van der Waals surface area contributed by atoms with Crippen LogP contribution in [0.5, 0.6) is 0 Å². The summed E-state index contributed by atoms with van der Waals surface area (Å²) in [6, 6.07) is 3.78. The average molecular weight is 488 g/mol. The fraction of sp³-hybridized carbons (Fsp3) is 0.480. The van der Waals surface area contributed by atoms with E-state index in [9.17, 15) is 9.18 Å². The molecule has 0 radical (unpaired) electrons. The molecule has 2 fully saturated rings. The maximum absolute atomic E-state index is 15.0. The predicted octanol–water partition coefficient (Wildman–Crippen LogP) is 4.64. The predicted molar refractivity (Wildman–Crippen MR) is 123 cm³/mol. The van der Waals surface area contributed by atoms with Gasteiger partial charge < -0.3 is 9.47 Å². The zero-order valence-corrected chi connectivity index (χ0v) is 19.3. The van der Waals surface area contributed by atoms with Gasteiger partial charge in [0, 0.05) is 49.3 Å². The van der Waals surface area contributed by atoms with Crippen molar-refractivity contribution in [3.63, 3.8) is 0 Å². The Hall–Kier alpha value is -2.42. The second kappa shape index (κ2) is 8.66. The van der Waals surface area contributed by atoms with Gasteiger partial charge in [-0.05, 0) is 43.9 Å².